The molecule has 0 aliphatic rings. The van der Waals surface area contributed by atoms with Crippen LogP contribution < -0.4 is 5.73 Å². The predicted molar refractivity (Wildman–Crippen MR) is 66.5 cm³/mol. The quantitative estimate of drug-likeness (QED) is 0.742. The summed E-state index contributed by atoms with van der Waals surface area (Å²) >= 11 is 0. The molecule has 0 unspecified atom stereocenters. The summed E-state index contributed by atoms with van der Waals surface area (Å²) in [6.07, 6.45) is 2.47. The van der Waals surface area contributed by atoms with Crippen molar-refractivity contribution in [2.45, 2.75) is 40.5 Å². The zero-order chi connectivity index (χ0) is 11.6. The third-order valence-electron chi connectivity index (χ3n) is 1.90. The van der Waals surface area contributed by atoms with E-state index in [1.165, 1.54) is 13.0 Å². The molecule has 0 aromatic carbocycles. The summed E-state index contributed by atoms with van der Waals surface area (Å²) in [4.78, 5) is 2.22. The third-order valence-corrected chi connectivity index (χ3v) is 1.90. The molecule has 0 saturated carbocycles. The minimum Gasteiger partial charge on any atom is -0.330 e. The van der Waals surface area contributed by atoms with Crippen LogP contribution in [0, 0.1) is 11.8 Å². The van der Waals surface area contributed by atoms with E-state index in [2.05, 4.69) is 46.7 Å². The summed E-state index contributed by atoms with van der Waals surface area (Å²) in [5.41, 5.74) is 5.23. The molecule has 0 radical (unpaired) electrons. The Hall–Kier alpha value is -0.0800. The zero-order valence-electron chi connectivity index (χ0n) is 11.0. The first-order chi connectivity index (χ1) is 6.40. The van der Waals surface area contributed by atoms with Gasteiger partial charge in [-0.3, -0.25) is 0 Å². The van der Waals surface area contributed by atoms with Crippen LogP contribution in [0.3, 0.4) is 0 Å². The van der Waals surface area contributed by atoms with Gasteiger partial charge in [-0.2, -0.15) is 0 Å². The Labute approximate surface area is 90.9 Å². The molecular weight excluding hydrogens is 172 g/mol. The van der Waals surface area contributed by atoms with E-state index in [0.717, 1.165) is 24.8 Å². The van der Waals surface area contributed by atoms with E-state index in [0.29, 0.717) is 0 Å². The number of nitrogens with two attached hydrogens (primary N) is 1. The molecule has 14 heavy (non-hydrogen) atoms. The summed E-state index contributed by atoms with van der Waals surface area (Å²) in [5, 5.41) is 0. The zero-order valence-corrected chi connectivity index (χ0v) is 11.0. The molecule has 0 heterocycles. The largest absolute Gasteiger partial charge is 0.330 e. The second-order valence-corrected chi connectivity index (χ2v) is 4.96. The molecule has 2 nitrogen and oxygen atoms in total. The highest BCUT2D eigenvalue weighted by Gasteiger charge is 1.93. The Morgan fingerprint density at radius 2 is 1.36 bits per heavy atom. The van der Waals surface area contributed by atoms with Gasteiger partial charge in [0.2, 0.25) is 0 Å². The molecule has 0 aliphatic carbocycles. The van der Waals surface area contributed by atoms with E-state index in [9.17, 15) is 0 Å². The molecule has 88 valence electrons. The first-order valence-electron chi connectivity index (χ1n) is 5.74. The fourth-order valence-corrected chi connectivity index (χ4v) is 0.850. The summed E-state index contributed by atoms with van der Waals surface area (Å²) in [6.45, 7) is 10.9. The third kappa shape index (κ3) is 22.7. The first kappa shape index (κ1) is 16.4. The van der Waals surface area contributed by atoms with E-state index in [1.54, 1.807) is 0 Å². The van der Waals surface area contributed by atoms with Gasteiger partial charge in [-0.05, 0) is 51.9 Å². The van der Waals surface area contributed by atoms with Crippen molar-refractivity contribution in [3.8, 4) is 0 Å². The van der Waals surface area contributed by atoms with Gasteiger partial charge in [0.15, 0.2) is 0 Å². The molecule has 0 aromatic rings. The normalized spacial score (nSPS) is 10.7. The van der Waals surface area contributed by atoms with Crippen LogP contribution in [0.4, 0.5) is 0 Å². The van der Waals surface area contributed by atoms with Crippen LogP contribution >= 0.6 is 0 Å². The SMILES string of the molecule is CC(C)CCN.CC(C)CCN(C)C. The minimum atomic E-state index is 0.773. The van der Waals surface area contributed by atoms with E-state index >= 15 is 0 Å². The summed E-state index contributed by atoms with van der Waals surface area (Å²) < 4.78 is 0. The highest BCUT2D eigenvalue weighted by atomic mass is 15.0. The van der Waals surface area contributed by atoms with Gasteiger partial charge in [-0.25, -0.2) is 0 Å². The van der Waals surface area contributed by atoms with Crippen molar-refractivity contribution < 1.29 is 0 Å². The Morgan fingerprint density at radius 3 is 1.43 bits per heavy atom. The van der Waals surface area contributed by atoms with Crippen molar-refractivity contribution in [3.05, 3.63) is 0 Å². The second-order valence-electron chi connectivity index (χ2n) is 4.96. The Bertz CT molecular complexity index is 90.5. The van der Waals surface area contributed by atoms with Gasteiger partial charge in [-0.1, -0.05) is 27.7 Å². The average molecular weight is 202 g/mol. The molecule has 2 heteroatoms. The van der Waals surface area contributed by atoms with E-state index in [1.807, 2.05) is 0 Å². The van der Waals surface area contributed by atoms with Gasteiger partial charge < -0.3 is 10.6 Å². The van der Waals surface area contributed by atoms with Crippen molar-refractivity contribution >= 4 is 0 Å². The van der Waals surface area contributed by atoms with Crippen molar-refractivity contribution in [2.75, 3.05) is 27.2 Å². The molecular formula is C12H30N2. The molecule has 2 N–H and O–H groups in total. The Morgan fingerprint density at radius 1 is 0.929 bits per heavy atom. The highest BCUT2D eigenvalue weighted by Crippen LogP contribution is 1.98. The van der Waals surface area contributed by atoms with Gasteiger partial charge in [-0.15, -0.1) is 0 Å². The van der Waals surface area contributed by atoms with Crippen LogP contribution in [-0.4, -0.2) is 32.1 Å². The predicted octanol–water partition coefficient (Wildman–Crippen LogP) is 2.59. The lowest BCUT2D eigenvalue weighted by Crippen LogP contribution is -2.14. The van der Waals surface area contributed by atoms with Gasteiger partial charge in [0, 0.05) is 0 Å². The van der Waals surface area contributed by atoms with Crippen LogP contribution in [0.5, 0.6) is 0 Å². The fourth-order valence-electron chi connectivity index (χ4n) is 0.850. The first-order valence-corrected chi connectivity index (χ1v) is 5.74. The minimum absolute atomic E-state index is 0.773. The molecule has 0 saturated heterocycles. The standard InChI is InChI=1S/C7H17N.C5H13N/c1-7(2)5-6-8(3)4;1-5(2)3-4-6/h7H,5-6H2,1-4H3;5H,3-4,6H2,1-2H3. The lowest BCUT2D eigenvalue weighted by Gasteiger charge is -2.10. The molecule has 0 amide bonds. The van der Waals surface area contributed by atoms with Crippen LogP contribution in [0.15, 0.2) is 0 Å². The number of hydrogen-bond acceptors (Lipinski definition) is 2. The van der Waals surface area contributed by atoms with Crippen molar-refractivity contribution in [1.29, 1.82) is 0 Å². The molecule has 0 fully saturated rings. The molecule has 0 rings (SSSR count). The van der Waals surface area contributed by atoms with Crippen LogP contribution in [-0.2, 0) is 0 Å². The van der Waals surface area contributed by atoms with E-state index in [-0.39, 0.29) is 0 Å². The Balaban J connectivity index is 0. The monoisotopic (exact) mass is 202 g/mol. The lowest BCUT2D eigenvalue weighted by atomic mass is 10.1. The van der Waals surface area contributed by atoms with Gasteiger partial charge in [0.25, 0.3) is 0 Å². The van der Waals surface area contributed by atoms with Crippen molar-refractivity contribution in [1.82, 2.24) is 4.90 Å². The number of rotatable bonds is 5. The average Bonchev–Trinajstić information content (AvgIpc) is 2.01. The number of hydrogen-bond donors (Lipinski definition) is 1. The van der Waals surface area contributed by atoms with Crippen LogP contribution in [0.2, 0.25) is 0 Å². The van der Waals surface area contributed by atoms with E-state index in [4.69, 9.17) is 5.73 Å². The Kier molecular flexibility index (Phi) is 12.8. The van der Waals surface area contributed by atoms with Gasteiger partial charge in [0.1, 0.15) is 0 Å². The maximum atomic E-state index is 5.23. The van der Waals surface area contributed by atoms with Crippen LogP contribution in [0.25, 0.3) is 0 Å². The van der Waals surface area contributed by atoms with Crippen molar-refractivity contribution in [3.63, 3.8) is 0 Å². The number of nitrogens with zero attached hydrogens (tertiary/aromatic N) is 1. The van der Waals surface area contributed by atoms with Gasteiger partial charge >= 0.3 is 0 Å². The summed E-state index contributed by atoms with van der Waals surface area (Å²) in [5.74, 6) is 1.62. The fraction of sp³-hybridized carbons (Fsp3) is 1.00. The molecule has 0 atom stereocenters. The maximum Gasteiger partial charge on any atom is -0.00224 e. The smallest absolute Gasteiger partial charge is 0.00224 e. The molecule has 0 spiro atoms. The summed E-state index contributed by atoms with van der Waals surface area (Å²) in [6, 6.07) is 0. The topological polar surface area (TPSA) is 29.3 Å². The molecule has 0 bridgehead atoms. The maximum absolute atomic E-state index is 5.23. The highest BCUT2D eigenvalue weighted by molar-refractivity contribution is 4.47. The van der Waals surface area contributed by atoms with E-state index < -0.39 is 0 Å². The molecule has 0 aromatic heterocycles. The lowest BCUT2D eigenvalue weighted by molar-refractivity contribution is 0.369. The van der Waals surface area contributed by atoms with Crippen LogP contribution in [0.1, 0.15) is 40.5 Å². The van der Waals surface area contributed by atoms with Crippen molar-refractivity contribution in [2.24, 2.45) is 17.6 Å². The van der Waals surface area contributed by atoms with Gasteiger partial charge in [0.05, 0.1) is 0 Å². The summed E-state index contributed by atoms with van der Waals surface area (Å²) in [7, 11) is 4.23. The second kappa shape index (κ2) is 11.0. The molecule has 0 aliphatic heterocycles.